The number of ether oxygens (including phenoxy) is 1. The molecule has 0 unspecified atom stereocenters. The summed E-state index contributed by atoms with van der Waals surface area (Å²) in [7, 11) is 0. The quantitative estimate of drug-likeness (QED) is 0.765. The van der Waals surface area contributed by atoms with Gasteiger partial charge in [0.2, 0.25) is 0 Å². The fraction of sp³-hybridized carbons (Fsp3) is 0.565. The molecule has 0 aromatic carbocycles. The minimum atomic E-state index is -3.14. The highest BCUT2D eigenvalue weighted by atomic mass is 16.6. The number of aromatic nitrogens is 3. The predicted octanol–water partition coefficient (Wildman–Crippen LogP) is 2.38. The first kappa shape index (κ1) is 13.6. The molecule has 1 atom stereocenters. The molecular weight excluding hydrogens is 408 g/mol. The zero-order valence-electron chi connectivity index (χ0n) is 25.7. The standard InChI is InChI=1S/C23H30N6O3/c1-2-32-22(31)29-15-23(16-29)4-3-17(12-23)27-7-9-28(10-8-27)21-19(11-18(30)13-26-21)20-14-24-5-6-25-20/h5-6,11,13-14,17,30H,2-4,7-10,12,15-16H2,1H3/t17-/m1/s1/i7D2,8D2,9D2,10D2. The number of rotatable bonds is 4. The smallest absolute Gasteiger partial charge is 0.409 e. The highest BCUT2D eigenvalue weighted by Gasteiger charge is 2.51. The van der Waals surface area contributed by atoms with Crippen LogP contribution < -0.4 is 4.90 Å². The third kappa shape index (κ3) is 3.97. The number of anilines is 1. The van der Waals surface area contributed by atoms with Crippen molar-refractivity contribution in [1.29, 1.82) is 0 Å². The van der Waals surface area contributed by atoms with Crippen molar-refractivity contribution in [1.82, 2.24) is 24.8 Å². The summed E-state index contributed by atoms with van der Waals surface area (Å²) in [5, 5.41) is 10.1. The molecule has 32 heavy (non-hydrogen) atoms. The second-order valence-electron chi connectivity index (χ2n) is 8.26. The van der Waals surface area contributed by atoms with E-state index in [2.05, 4.69) is 15.0 Å². The van der Waals surface area contributed by atoms with Crippen molar-refractivity contribution in [2.75, 3.05) is 50.6 Å². The number of hydrogen-bond acceptors (Lipinski definition) is 8. The second kappa shape index (κ2) is 8.54. The normalized spacial score (nSPS) is 32.7. The van der Waals surface area contributed by atoms with Crippen molar-refractivity contribution >= 4 is 11.9 Å². The van der Waals surface area contributed by atoms with Gasteiger partial charge in [-0.05, 0) is 32.3 Å². The average molecular weight is 447 g/mol. The highest BCUT2D eigenvalue weighted by molar-refractivity contribution is 5.74. The van der Waals surface area contributed by atoms with Crippen molar-refractivity contribution in [3.63, 3.8) is 0 Å². The molecule has 5 rings (SSSR count). The maximum absolute atomic E-state index is 12.1. The van der Waals surface area contributed by atoms with Crippen LogP contribution in [0.1, 0.15) is 37.2 Å². The first-order valence-electron chi connectivity index (χ1n) is 14.6. The Labute approximate surface area is 199 Å². The number of nitrogens with zero attached hydrogens (tertiary/aromatic N) is 6. The van der Waals surface area contributed by atoms with Gasteiger partial charge in [-0.1, -0.05) is 0 Å². The zero-order chi connectivity index (χ0) is 29.3. The molecule has 9 nitrogen and oxygen atoms in total. The van der Waals surface area contributed by atoms with Crippen LogP contribution in [0.25, 0.3) is 11.3 Å². The Morgan fingerprint density at radius 1 is 1.25 bits per heavy atom. The van der Waals surface area contributed by atoms with Gasteiger partial charge in [0.25, 0.3) is 0 Å². The molecule has 2 saturated heterocycles. The van der Waals surface area contributed by atoms with Gasteiger partial charge in [-0.3, -0.25) is 14.9 Å². The van der Waals surface area contributed by atoms with E-state index in [-0.39, 0.29) is 30.0 Å². The van der Waals surface area contributed by atoms with Crippen LogP contribution in [0.2, 0.25) is 0 Å². The number of carbonyl (C=O) groups excluding carboxylic acids is 1. The Bertz CT molecular complexity index is 1270. The third-order valence-electron chi connectivity index (χ3n) is 6.09. The number of carbonyl (C=O) groups is 1. The van der Waals surface area contributed by atoms with Gasteiger partial charge in [0.15, 0.2) is 0 Å². The van der Waals surface area contributed by atoms with Gasteiger partial charge in [0, 0.05) is 74.0 Å². The van der Waals surface area contributed by atoms with Crippen LogP contribution in [0.4, 0.5) is 10.6 Å². The third-order valence-corrected chi connectivity index (χ3v) is 6.09. The van der Waals surface area contributed by atoms with Gasteiger partial charge < -0.3 is 19.6 Å². The molecule has 1 spiro atoms. The van der Waals surface area contributed by atoms with Crippen LogP contribution in [0, 0.1) is 5.41 Å². The van der Waals surface area contributed by atoms with Gasteiger partial charge in [-0.15, -0.1) is 0 Å². The van der Waals surface area contributed by atoms with E-state index < -0.39 is 49.4 Å². The van der Waals surface area contributed by atoms with Gasteiger partial charge >= 0.3 is 6.09 Å². The van der Waals surface area contributed by atoms with Crippen LogP contribution in [0.5, 0.6) is 5.75 Å². The number of likely N-dealkylation sites (tertiary alicyclic amines) is 1. The number of piperazine rings is 1. The lowest BCUT2D eigenvalue weighted by Gasteiger charge is -2.48. The van der Waals surface area contributed by atoms with Crippen molar-refractivity contribution in [2.24, 2.45) is 5.41 Å². The van der Waals surface area contributed by atoms with Gasteiger partial charge in [-0.25, -0.2) is 9.78 Å². The van der Waals surface area contributed by atoms with E-state index >= 15 is 0 Å². The first-order chi connectivity index (χ1) is 18.6. The summed E-state index contributed by atoms with van der Waals surface area (Å²) in [6.45, 7) is -9.72. The molecule has 2 aromatic rings. The van der Waals surface area contributed by atoms with E-state index in [1.54, 1.807) is 6.92 Å². The van der Waals surface area contributed by atoms with E-state index in [4.69, 9.17) is 15.7 Å². The Morgan fingerprint density at radius 3 is 2.78 bits per heavy atom. The molecule has 170 valence electrons. The lowest BCUT2D eigenvalue weighted by atomic mass is 9.78. The van der Waals surface area contributed by atoms with Crippen LogP contribution >= 0.6 is 0 Å². The van der Waals surface area contributed by atoms with Crippen LogP contribution in [-0.4, -0.2) is 87.7 Å². The molecule has 0 bridgehead atoms. The Morgan fingerprint density at radius 2 is 2.06 bits per heavy atom. The number of amides is 1. The van der Waals surface area contributed by atoms with Crippen LogP contribution in [0.3, 0.4) is 0 Å². The van der Waals surface area contributed by atoms with E-state index in [9.17, 15) is 9.90 Å². The molecule has 1 aliphatic carbocycles. The summed E-state index contributed by atoms with van der Waals surface area (Å²) in [5.41, 5.74) is -0.350. The van der Waals surface area contributed by atoms with Crippen LogP contribution in [0.15, 0.2) is 30.9 Å². The van der Waals surface area contributed by atoms with E-state index in [0.717, 1.165) is 6.20 Å². The molecular formula is C23H30N6O3. The summed E-state index contributed by atoms with van der Waals surface area (Å²) >= 11 is 0. The lowest BCUT2D eigenvalue weighted by molar-refractivity contribution is -0.00294. The molecule has 3 aliphatic rings. The van der Waals surface area contributed by atoms with Crippen molar-refractivity contribution in [3.05, 3.63) is 30.9 Å². The average Bonchev–Trinajstić information content (AvgIpc) is 3.28. The molecule has 9 heteroatoms. The molecule has 3 fully saturated rings. The molecule has 1 amide bonds. The molecule has 1 N–H and O–H groups in total. The number of aromatic hydroxyl groups is 1. The van der Waals surface area contributed by atoms with E-state index in [1.807, 2.05) is 0 Å². The maximum Gasteiger partial charge on any atom is 0.409 e. The maximum atomic E-state index is 12.1. The van der Waals surface area contributed by atoms with Crippen LogP contribution in [-0.2, 0) is 4.74 Å². The largest absolute Gasteiger partial charge is 0.506 e. The van der Waals surface area contributed by atoms with Gasteiger partial charge in [-0.2, -0.15) is 0 Å². The van der Waals surface area contributed by atoms with Crippen molar-refractivity contribution < 1.29 is 25.6 Å². The minimum absolute atomic E-state index is 0.0470. The Kier molecular flexibility index (Phi) is 3.62. The Balaban J connectivity index is 1.53. The fourth-order valence-corrected chi connectivity index (χ4v) is 4.60. The summed E-state index contributed by atoms with van der Waals surface area (Å²) < 4.78 is 76.4. The van der Waals surface area contributed by atoms with E-state index in [1.165, 1.54) is 29.6 Å². The van der Waals surface area contributed by atoms with Gasteiger partial charge in [0.1, 0.15) is 11.6 Å². The topological polar surface area (TPSA) is 94.9 Å². The fourth-order valence-electron chi connectivity index (χ4n) is 4.60. The molecule has 2 aliphatic heterocycles. The van der Waals surface area contributed by atoms with Gasteiger partial charge in [0.05, 0.1) is 30.2 Å². The molecule has 4 heterocycles. The summed E-state index contributed by atoms with van der Waals surface area (Å²) in [6, 6.07) is 0.330. The molecule has 0 radical (unpaired) electrons. The highest BCUT2D eigenvalue weighted by Crippen LogP contribution is 2.47. The number of hydrogen-bond donors (Lipinski definition) is 1. The number of pyridine rings is 1. The molecule has 1 saturated carbocycles. The summed E-state index contributed by atoms with van der Waals surface area (Å²) in [6.07, 6.45) is 5.61. The summed E-state index contributed by atoms with van der Waals surface area (Å²) in [5.74, 6) is -0.767. The molecule has 2 aromatic heterocycles. The van der Waals surface area contributed by atoms with Crippen molar-refractivity contribution in [2.45, 2.75) is 32.2 Å². The first-order valence-corrected chi connectivity index (χ1v) is 10.6. The summed E-state index contributed by atoms with van der Waals surface area (Å²) in [4.78, 5) is 26.8. The SMILES string of the molecule is [2H]C1([2H])N(c2ncc(O)cc2-c2cnccn2)C([2H])([2H])C([2H])([2H])N([C@@H]2CCC3(C2)CN(C(=O)OCC)C3)C1([2H])[2H]. The Hall–Kier alpha value is -2.94. The second-order valence-corrected chi connectivity index (χ2v) is 8.26. The predicted molar refractivity (Wildman–Crippen MR) is 119 cm³/mol. The van der Waals surface area contributed by atoms with Crippen molar-refractivity contribution in [3.8, 4) is 17.0 Å². The monoisotopic (exact) mass is 446 g/mol. The zero-order valence-corrected chi connectivity index (χ0v) is 17.7. The lowest BCUT2D eigenvalue weighted by Crippen LogP contribution is -2.58. The van der Waals surface area contributed by atoms with E-state index in [0.29, 0.717) is 35.7 Å². The minimum Gasteiger partial charge on any atom is -0.506 e.